The highest BCUT2D eigenvalue weighted by Crippen LogP contribution is 2.29. The van der Waals surface area contributed by atoms with E-state index in [0.717, 1.165) is 10.0 Å². The van der Waals surface area contributed by atoms with E-state index in [0.29, 0.717) is 17.4 Å². The van der Waals surface area contributed by atoms with Gasteiger partial charge in [-0.15, -0.1) is 5.10 Å². The molecule has 2 aromatic rings. The van der Waals surface area contributed by atoms with Gasteiger partial charge in [-0.2, -0.15) is 0 Å². The second-order valence-electron chi connectivity index (χ2n) is 4.51. The molecule has 1 atom stereocenters. The summed E-state index contributed by atoms with van der Waals surface area (Å²) >= 11 is 9.33. The van der Waals surface area contributed by atoms with Crippen molar-refractivity contribution in [3.63, 3.8) is 0 Å². The first-order valence-corrected chi connectivity index (χ1v) is 7.08. The van der Waals surface area contributed by atoms with Crippen LogP contribution in [-0.4, -0.2) is 31.3 Å². The second kappa shape index (κ2) is 6.32. The summed E-state index contributed by atoms with van der Waals surface area (Å²) in [5.74, 6) is -0.327. The first-order chi connectivity index (χ1) is 9.47. The summed E-state index contributed by atoms with van der Waals surface area (Å²) in [6, 6.07) is 5.33. The summed E-state index contributed by atoms with van der Waals surface area (Å²) in [5.41, 5.74) is 0.807. The van der Waals surface area contributed by atoms with Crippen LogP contribution in [0.2, 0.25) is 5.02 Å². The number of carboxylic acids is 1. The van der Waals surface area contributed by atoms with E-state index in [2.05, 4.69) is 31.5 Å². The Labute approximate surface area is 128 Å². The second-order valence-corrected chi connectivity index (χ2v) is 5.80. The fourth-order valence-corrected chi connectivity index (χ4v) is 2.71. The van der Waals surface area contributed by atoms with Crippen molar-refractivity contribution in [3.8, 4) is 11.4 Å². The van der Waals surface area contributed by atoms with Crippen LogP contribution < -0.4 is 0 Å². The molecule has 0 aliphatic heterocycles. The van der Waals surface area contributed by atoms with Crippen LogP contribution in [0.4, 0.5) is 0 Å². The highest BCUT2D eigenvalue weighted by atomic mass is 79.9. The monoisotopic (exact) mass is 358 g/mol. The fourth-order valence-electron chi connectivity index (χ4n) is 1.85. The van der Waals surface area contributed by atoms with E-state index in [1.54, 1.807) is 16.8 Å². The smallest absolute Gasteiger partial charge is 0.303 e. The van der Waals surface area contributed by atoms with E-state index in [1.807, 2.05) is 13.0 Å². The Bertz CT molecular complexity index is 632. The Morgan fingerprint density at radius 2 is 2.30 bits per heavy atom. The van der Waals surface area contributed by atoms with E-state index < -0.39 is 5.97 Å². The number of hydrogen-bond acceptors (Lipinski definition) is 4. The van der Waals surface area contributed by atoms with Gasteiger partial charge in [0.15, 0.2) is 5.82 Å². The van der Waals surface area contributed by atoms with Gasteiger partial charge in [0.05, 0.1) is 0 Å². The maximum absolute atomic E-state index is 10.7. The number of rotatable bonds is 5. The molecule has 0 amide bonds. The van der Waals surface area contributed by atoms with Gasteiger partial charge in [0.25, 0.3) is 0 Å². The van der Waals surface area contributed by atoms with Gasteiger partial charge in [0, 0.05) is 28.0 Å². The minimum absolute atomic E-state index is 0.0687. The zero-order chi connectivity index (χ0) is 14.7. The van der Waals surface area contributed by atoms with E-state index >= 15 is 0 Å². The molecule has 0 bridgehead atoms. The average molecular weight is 360 g/mol. The summed E-state index contributed by atoms with van der Waals surface area (Å²) in [6.45, 7) is 2.28. The predicted molar refractivity (Wildman–Crippen MR) is 77.4 cm³/mol. The Balaban J connectivity index is 2.26. The van der Waals surface area contributed by atoms with Crippen LogP contribution in [0.1, 0.15) is 13.3 Å². The molecular weight excluding hydrogens is 348 g/mol. The number of carboxylic acid groups (broad SMARTS) is 1. The van der Waals surface area contributed by atoms with E-state index in [9.17, 15) is 4.79 Å². The molecule has 1 N–H and O–H groups in total. The van der Waals surface area contributed by atoms with Crippen LogP contribution in [0.25, 0.3) is 11.4 Å². The van der Waals surface area contributed by atoms with Crippen LogP contribution in [0.3, 0.4) is 0 Å². The Morgan fingerprint density at radius 3 is 2.95 bits per heavy atom. The Kier molecular flexibility index (Phi) is 4.72. The van der Waals surface area contributed by atoms with Gasteiger partial charge in [-0.3, -0.25) is 4.79 Å². The molecule has 0 spiro atoms. The molecule has 0 fully saturated rings. The molecule has 1 aromatic carbocycles. The fraction of sp³-hybridized carbons (Fsp3) is 0.333. The lowest BCUT2D eigenvalue weighted by atomic mass is 10.1. The summed E-state index contributed by atoms with van der Waals surface area (Å²) in [7, 11) is 0. The van der Waals surface area contributed by atoms with Crippen molar-refractivity contribution in [1.82, 2.24) is 20.2 Å². The van der Waals surface area contributed by atoms with Gasteiger partial charge in [0.1, 0.15) is 0 Å². The van der Waals surface area contributed by atoms with Crippen molar-refractivity contribution in [1.29, 1.82) is 0 Å². The molecule has 8 heteroatoms. The summed E-state index contributed by atoms with van der Waals surface area (Å²) in [5, 5.41) is 21.0. The number of aliphatic carboxylic acids is 1. The van der Waals surface area contributed by atoms with Crippen LogP contribution in [0.15, 0.2) is 22.7 Å². The number of halogens is 2. The molecule has 1 heterocycles. The van der Waals surface area contributed by atoms with Gasteiger partial charge >= 0.3 is 5.97 Å². The first-order valence-electron chi connectivity index (χ1n) is 5.90. The van der Waals surface area contributed by atoms with Crippen molar-refractivity contribution < 1.29 is 9.90 Å². The lowest BCUT2D eigenvalue weighted by molar-refractivity contribution is -0.138. The molecule has 0 aliphatic carbocycles. The van der Waals surface area contributed by atoms with E-state index in [4.69, 9.17) is 16.7 Å². The maximum atomic E-state index is 10.7. The highest BCUT2D eigenvalue weighted by Gasteiger charge is 2.16. The van der Waals surface area contributed by atoms with Gasteiger partial charge in [0.2, 0.25) is 0 Å². The number of hydrogen-bond donors (Lipinski definition) is 1. The van der Waals surface area contributed by atoms with Gasteiger partial charge in [-0.05, 0) is 50.5 Å². The zero-order valence-electron chi connectivity index (χ0n) is 10.6. The van der Waals surface area contributed by atoms with Gasteiger partial charge < -0.3 is 5.11 Å². The Hall–Kier alpha value is -1.47. The van der Waals surface area contributed by atoms with Crippen molar-refractivity contribution in [2.45, 2.75) is 19.9 Å². The predicted octanol–water partition coefficient (Wildman–Crippen LogP) is 2.87. The molecule has 0 aliphatic rings. The number of tetrazole rings is 1. The van der Waals surface area contributed by atoms with Crippen molar-refractivity contribution in [2.24, 2.45) is 5.92 Å². The summed E-state index contributed by atoms with van der Waals surface area (Å²) < 4.78 is 2.38. The lowest BCUT2D eigenvalue weighted by Crippen LogP contribution is -2.14. The molecule has 2 rings (SSSR count). The third-order valence-corrected chi connectivity index (χ3v) is 3.60. The van der Waals surface area contributed by atoms with Crippen LogP contribution in [0.5, 0.6) is 0 Å². The molecule has 0 radical (unpaired) electrons. The third-order valence-electron chi connectivity index (χ3n) is 2.71. The first kappa shape index (κ1) is 14.9. The Morgan fingerprint density at radius 1 is 1.55 bits per heavy atom. The van der Waals surface area contributed by atoms with Gasteiger partial charge in [-0.25, -0.2) is 4.68 Å². The van der Waals surface area contributed by atoms with Crippen LogP contribution in [0, 0.1) is 5.92 Å². The molecule has 0 saturated heterocycles. The highest BCUT2D eigenvalue weighted by molar-refractivity contribution is 9.10. The summed E-state index contributed by atoms with van der Waals surface area (Å²) in [4.78, 5) is 10.7. The standard InChI is InChI=1S/C12H12BrClN4O2/c1-7(4-11(19)20)6-18-12(15-16-17-18)9-3-2-8(14)5-10(9)13/h2-3,5,7H,4,6H2,1H3,(H,19,20). The number of benzene rings is 1. The largest absolute Gasteiger partial charge is 0.481 e. The molecular formula is C12H12BrClN4O2. The normalized spacial score (nSPS) is 12.3. The molecule has 1 unspecified atom stereocenters. The SMILES string of the molecule is CC(CC(=O)O)Cn1nnnc1-c1ccc(Cl)cc1Br. The topological polar surface area (TPSA) is 80.9 Å². The van der Waals surface area contributed by atoms with Crippen molar-refractivity contribution in [2.75, 3.05) is 0 Å². The van der Waals surface area contributed by atoms with E-state index in [-0.39, 0.29) is 12.3 Å². The minimum atomic E-state index is -0.834. The number of nitrogens with zero attached hydrogens (tertiary/aromatic N) is 4. The van der Waals surface area contributed by atoms with Gasteiger partial charge in [-0.1, -0.05) is 18.5 Å². The number of carbonyl (C=O) groups is 1. The van der Waals surface area contributed by atoms with Crippen LogP contribution in [-0.2, 0) is 11.3 Å². The molecule has 6 nitrogen and oxygen atoms in total. The lowest BCUT2D eigenvalue weighted by Gasteiger charge is -2.10. The average Bonchev–Trinajstić information content (AvgIpc) is 2.75. The summed E-state index contributed by atoms with van der Waals surface area (Å²) in [6.07, 6.45) is 0.0705. The molecule has 0 saturated carbocycles. The minimum Gasteiger partial charge on any atom is -0.481 e. The molecule has 106 valence electrons. The van der Waals surface area contributed by atoms with Crippen LogP contribution >= 0.6 is 27.5 Å². The third kappa shape index (κ3) is 3.55. The zero-order valence-corrected chi connectivity index (χ0v) is 13.0. The van der Waals surface area contributed by atoms with E-state index in [1.165, 1.54) is 0 Å². The molecule has 20 heavy (non-hydrogen) atoms. The van der Waals surface area contributed by atoms with Crippen molar-refractivity contribution in [3.05, 3.63) is 27.7 Å². The quantitative estimate of drug-likeness (QED) is 0.888. The molecule has 1 aromatic heterocycles. The van der Waals surface area contributed by atoms with Crippen molar-refractivity contribution >= 4 is 33.5 Å². The maximum Gasteiger partial charge on any atom is 0.303 e. The number of aromatic nitrogens is 4.